The highest BCUT2D eigenvalue weighted by molar-refractivity contribution is 6.28. The third-order valence-electron chi connectivity index (χ3n) is 3.62. The Labute approximate surface area is 117 Å². The van der Waals surface area contributed by atoms with Crippen molar-refractivity contribution in [1.82, 2.24) is 9.97 Å². The van der Waals surface area contributed by atoms with E-state index < -0.39 is 4.92 Å². The quantitative estimate of drug-likeness (QED) is 0.369. The average Bonchev–Trinajstić information content (AvgIpc) is 2.66. The molecule has 0 bridgehead atoms. The summed E-state index contributed by atoms with van der Waals surface area (Å²) in [5, 5.41) is 11.1. The van der Waals surface area contributed by atoms with Crippen LogP contribution in [0.15, 0.2) is 6.20 Å². The topological polar surface area (TPSA) is 72.2 Å². The second-order valence-corrected chi connectivity index (χ2v) is 5.20. The van der Waals surface area contributed by atoms with E-state index in [-0.39, 0.29) is 17.0 Å². The van der Waals surface area contributed by atoms with Crippen LogP contribution in [0.2, 0.25) is 5.28 Å². The highest BCUT2D eigenvalue weighted by atomic mass is 35.5. The van der Waals surface area contributed by atoms with E-state index in [0.717, 1.165) is 25.7 Å². The van der Waals surface area contributed by atoms with Gasteiger partial charge in [0.2, 0.25) is 11.1 Å². The van der Waals surface area contributed by atoms with Crippen LogP contribution in [0.4, 0.5) is 11.5 Å². The van der Waals surface area contributed by atoms with Crippen LogP contribution < -0.4 is 4.90 Å². The van der Waals surface area contributed by atoms with Crippen molar-refractivity contribution in [2.75, 3.05) is 11.9 Å². The van der Waals surface area contributed by atoms with Crippen molar-refractivity contribution in [3.8, 4) is 0 Å². The van der Waals surface area contributed by atoms with E-state index >= 15 is 0 Å². The molecule has 0 atom stereocenters. The number of rotatable bonds is 3. The Kier molecular flexibility index (Phi) is 4.52. The zero-order chi connectivity index (χ0) is 13.8. The van der Waals surface area contributed by atoms with Crippen molar-refractivity contribution in [2.24, 2.45) is 0 Å². The molecule has 0 unspecified atom stereocenters. The fraction of sp³-hybridized carbons (Fsp3) is 0.667. The number of anilines is 1. The van der Waals surface area contributed by atoms with Crippen molar-refractivity contribution in [3.05, 3.63) is 21.6 Å². The van der Waals surface area contributed by atoms with Crippen LogP contribution in [0.3, 0.4) is 0 Å². The van der Waals surface area contributed by atoms with Crippen molar-refractivity contribution >= 4 is 23.1 Å². The Morgan fingerprint density at radius 1 is 1.37 bits per heavy atom. The van der Waals surface area contributed by atoms with E-state index in [2.05, 4.69) is 9.97 Å². The molecule has 19 heavy (non-hydrogen) atoms. The van der Waals surface area contributed by atoms with Gasteiger partial charge >= 0.3 is 5.69 Å². The first-order valence-electron chi connectivity index (χ1n) is 6.49. The van der Waals surface area contributed by atoms with Crippen molar-refractivity contribution in [1.29, 1.82) is 0 Å². The Balaban J connectivity index is 2.28. The molecule has 1 aliphatic carbocycles. The molecule has 0 N–H and O–H groups in total. The van der Waals surface area contributed by atoms with E-state index in [1.165, 1.54) is 19.0 Å². The molecule has 1 heterocycles. The summed E-state index contributed by atoms with van der Waals surface area (Å²) in [5.74, 6) is 0.317. The monoisotopic (exact) mass is 284 g/mol. The van der Waals surface area contributed by atoms with Gasteiger partial charge in [0.1, 0.15) is 6.20 Å². The molecule has 0 radical (unpaired) electrons. The lowest BCUT2D eigenvalue weighted by atomic mass is 10.1. The zero-order valence-electron chi connectivity index (χ0n) is 10.9. The fourth-order valence-corrected chi connectivity index (χ4v) is 2.68. The van der Waals surface area contributed by atoms with Gasteiger partial charge in [-0.2, -0.15) is 4.98 Å². The van der Waals surface area contributed by atoms with Gasteiger partial charge in [0.05, 0.1) is 4.92 Å². The first-order chi connectivity index (χ1) is 9.09. The summed E-state index contributed by atoms with van der Waals surface area (Å²) in [6.07, 6.45) is 8.03. The lowest BCUT2D eigenvalue weighted by Gasteiger charge is -2.27. The smallest absolute Gasteiger partial charge is 0.329 e. The molecular weight excluding hydrogens is 268 g/mol. The van der Waals surface area contributed by atoms with E-state index in [1.807, 2.05) is 11.9 Å². The van der Waals surface area contributed by atoms with Crippen molar-refractivity contribution in [2.45, 2.75) is 44.6 Å². The predicted molar refractivity (Wildman–Crippen MR) is 73.6 cm³/mol. The van der Waals surface area contributed by atoms with Gasteiger partial charge in [-0.25, -0.2) is 4.98 Å². The van der Waals surface area contributed by atoms with Crippen LogP contribution in [-0.4, -0.2) is 28.0 Å². The molecule has 1 aromatic heterocycles. The van der Waals surface area contributed by atoms with Crippen molar-refractivity contribution < 1.29 is 4.92 Å². The summed E-state index contributed by atoms with van der Waals surface area (Å²) in [5.41, 5.74) is -0.0869. The van der Waals surface area contributed by atoms with Crippen molar-refractivity contribution in [3.63, 3.8) is 0 Å². The predicted octanol–water partition coefficient (Wildman–Crippen LogP) is 3.20. The van der Waals surface area contributed by atoms with Gasteiger partial charge in [-0.15, -0.1) is 0 Å². The molecule has 6 nitrogen and oxygen atoms in total. The second-order valence-electron chi connectivity index (χ2n) is 4.86. The maximum Gasteiger partial charge on any atom is 0.329 e. The summed E-state index contributed by atoms with van der Waals surface area (Å²) in [7, 11) is 1.85. The maximum atomic E-state index is 11.0. The maximum absolute atomic E-state index is 11.0. The lowest BCUT2D eigenvalue weighted by molar-refractivity contribution is -0.384. The molecule has 1 saturated carbocycles. The number of halogens is 1. The first-order valence-corrected chi connectivity index (χ1v) is 6.87. The Hall–Kier alpha value is -1.43. The number of nitro groups is 1. The van der Waals surface area contributed by atoms with E-state index in [0.29, 0.717) is 5.82 Å². The Bertz CT molecular complexity index is 461. The number of aromatic nitrogens is 2. The minimum absolute atomic E-state index is 0.0427. The molecule has 0 amide bonds. The van der Waals surface area contributed by atoms with Crippen LogP contribution >= 0.6 is 11.6 Å². The summed E-state index contributed by atoms with van der Waals surface area (Å²) >= 11 is 5.77. The minimum atomic E-state index is -0.459. The van der Waals surface area contributed by atoms with Crippen LogP contribution in [-0.2, 0) is 0 Å². The zero-order valence-corrected chi connectivity index (χ0v) is 11.6. The molecule has 1 fully saturated rings. The van der Waals surface area contributed by atoms with Gasteiger partial charge in [0, 0.05) is 13.1 Å². The summed E-state index contributed by atoms with van der Waals surface area (Å²) in [6.45, 7) is 0. The van der Waals surface area contributed by atoms with Gasteiger partial charge in [-0.05, 0) is 24.4 Å². The normalized spacial score (nSPS) is 16.9. The fourth-order valence-electron chi connectivity index (χ4n) is 2.55. The van der Waals surface area contributed by atoms with Gasteiger partial charge in [-0.3, -0.25) is 10.1 Å². The molecule has 2 rings (SSSR count). The first kappa shape index (κ1) is 14.0. The Morgan fingerprint density at radius 2 is 2.00 bits per heavy atom. The van der Waals surface area contributed by atoms with Crippen LogP contribution in [0.5, 0.6) is 0 Å². The Morgan fingerprint density at radius 3 is 2.58 bits per heavy atom. The molecule has 0 aromatic carbocycles. The number of hydrogen-bond donors (Lipinski definition) is 0. The summed E-state index contributed by atoms with van der Waals surface area (Å²) < 4.78 is 0. The molecule has 1 aliphatic rings. The molecule has 104 valence electrons. The highest BCUT2D eigenvalue weighted by Crippen LogP contribution is 2.30. The molecule has 1 aromatic rings. The second kappa shape index (κ2) is 6.14. The molecule has 0 aliphatic heterocycles. The summed E-state index contributed by atoms with van der Waals surface area (Å²) in [4.78, 5) is 20.2. The van der Waals surface area contributed by atoms with Gasteiger partial charge in [0.25, 0.3) is 0 Å². The van der Waals surface area contributed by atoms with Gasteiger partial charge in [0.15, 0.2) is 0 Å². The van der Waals surface area contributed by atoms with Crippen LogP contribution in [0.1, 0.15) is 38.5 Å². The molecule has 0 saturated heterocycles. The largest absolute Gasteiger partial charge is 0.351 e. The van der Waals surface area contributed by atoms with E-state index in [4.69, 9.17) is 11.6 Å². The number of hydrogen-bond acceptors (Lipinski definition) is 5. The number of nitrogens with zero attached hydrogens (tertiary/aromatic N) is 4. The molecule has 7 heteroatoms. The van der Waals surface area contributed by atoms with Gasteiger partial charge in [-0.1, -0.05) is 25.7 Å². The third kappa shape index (κ3) is 3.32. The van der Waals surface area contributed by atoms with Gasteiger partial charge < -0.3 is 4.90 Å². The highest BCUT2D eigenvalue weighted by Gasteiger charge is 2.26. The minimum Gasteiger partial charge on any atom is -0.351 e. The van der Waals surface area contributed by atoms with Crippen LogP contribution in [0.25, 0.3) is 0 Å². The SMILES string of the molecule is CN(c1nc(Cl)ncc1[N+](=O)[O-])C1CCCCCC1. The van der Waals surface area contributed by atoms with E-state index in [1.54, 1.807) is 0 Å². The van der Waals surface area contributed by atoms with E-state index in [9.17, 15) is 10.1 Å². The van der Waals surface area contributed by atoms with Crippen LogP contribution in [0, 0.1) is 10.1 Å². The lowest BCUT2D eigenvalue weighted by Crippen LogP contribution is -2.32. The average molecular weight is 285 g/mol. The summed E-state index contributed by atoms with van der Waals surface area (Å²) in [6, 6.07) is 0.284. The standard InChI is InChI=1S/C12H17ClN4O2/c1-16(9-6-4-2-3-5-7-9)11-10(17(18)19)8-14-12(13)15-11/h8-9H,2-7H2,1H3. The molecule has 0 spiro atoms. The molecular formula is C12H17ClN4O2. The third-order valence-corrected chi connectivity index (χ3v) is 3.81.